The molecule has 0 spiro atoms. The van der Waals surface area contributed by atoms with Crippen molar-refractivity contribution in [2.45, 2.75) is 13.8 Å². The van der Waals surface area contributed by atoms with Gasteiger partial charge in [0.05, 0.1) is 30.2 Å². The number of carbonyl (C=O) groups excluding carboxylic acids is 2. The van der Waals surface area contributed by atoms with Crippen LogP contribution in [-0.4, -0.2) is 41.2 Å². The summed E-state index contributed by atoms with van der Waals surface area (Å²) >= 11 is 2.40. The number of fused-ring (bicyclic) bond motifs is 1. The molecule has 12 heteroatoms. The number of thioether (sulfide) groups is 1. The van der Waals surface area contributed by atoms with Gasteiger partial charge >= 0.3 is 5.97 Å². The van der Waals surface area contributed by atoms with Crippen LogP contribution in [0.2, 0.25) is 0 Å². The number of hydrogen-bond donors (Lipinski definition) is 2. The van der Waals surface area contributed by atoms with Crippen LogP contribution in [0.15, 0.2) is 45.1 Å². The van der Waals surface area contributed by atoms with E-state index in [1.165, 1.54) is 23.3 Å². The summed E-state index contributed by atoms with van der Waals surface area (Å²) in [6.07, 6.45) is 1.11. The molecule has 1 aromatic carbocycles. The van der Waals surface area contributed by atoms with E-state index < -0.39 is 11.9 Å². The Morgan fingerprint density at radius 2 is 1.94 bits per heavy atom. The van der Waals surface area contributed by atoms with Crippen LogP contribution in [0, 0.1) is 13.8 Å². The Labute approximate surface area is 196 Å². The second-order valence-electron chi connectivity index (χ2n) is 6.86. The molecular formula is C21H19N5O5S2. The fourth-order valence-corrected chi connectivity index (χ4v) is 5.01. The lowest BCUT2D eigenvalue weighted by Crippen LogP contribution is -2.29. The molecule has 3 heterocycles. The van der Waals surface area contributed by atoms with Gasteiger partial charge in [-0.15, -0.1) is 16.4 Å². The molecule has 2 aromatic heterocycles. The molecule has 2 N–H and O–H groups in total. The Morgan fingerprint density at radius 1 is 1.21 bits per heavy atom. The first-order valence-electron chi connectivity index (χ1n) is 9.62. The number of methoxy groups -OCH3 is 2. The van der Waals surface area contributed by atoms with Crippen LogP contribution in [0.1, 0.15) is 10.4 Å². The third-order valence-electron chi connectivity index (χ3n) is 4.88. The maximum Gasteiger partial charge on any atom is 0.331 e. The van der Waals surface area contributed by atoms with E-state index in [0.29, 0.717) is 21.7 Å². The fraction of sp³-hybridized carbons (Fsp3) is 0.190. The van der Waals surface area contributed by atoms with Crippen LogP contribution in [0.4, 0.5) is 11.6 Å². The quantitative estimate of drug-likeness (QED) is 0.321. The van der Waals surface area contributed by atoms with E-state index in [2.05, 4.69) is 25.2 Å². The first-order valence-corrected chi connectivity index (χ1v) is 11.3. The minimum atomic E-state index is -0.658. The molecule has 3 aromatic rings. The number of thiophene rings is 1. The number of anilines is 2. The maximum atomic E-state index is 13.0. The predicted octanol–water partition coefficient (Wildman–Crippen LogP) is 3.13. The average Bonchev–Trinajstić information content (AvgIpc) is 3.27. The normalized spacial score (nSPS) is 16.1. The molecule has 1 amide bonds. The van der Waals surface area contributed by atoms with Gasteiger partial charge in [0.25, 0.3) is 11.5 Å². The summed E-state index contributed by atoms with van der Waals surface area (Å²) in [5, 5.41) is 5.07. The second kappa shape index (κ2) is 9.08. The zero-order valence-electron chi connectivity index (χ0n) is 18.1. The van der Waals surface area contributed by atoms with Gasteiger partial charge in [-0.3, -0.25) is 19.5 Å². The fourth-order valence-electron chi connectivity index (χ4n) is 3.08. The summed E-state index contributed by atoms with van der Waals surface area (Å²) in [4.78, 5) is 47.4. The van der Waals surface area contributed by atoms with Crippen molar-refractivity contribution in [2.24, 2.45) is 5.10 Å². The SMILES string of the molecule is COC(=O)/C=C1\S/C(=N\Nc2nc3sc(C)c(C)c3c(=O)[nH]2)N(c2ccc(OC)cc2)C1=O. The summed E-state index contributed by atoms with van der Waals surface area (Å²) in [5.41, 5.74) is 3.85. The number of benzene rings is 1. The van der Waals surface area contributed by atoms with Crippen LogP contribution in [0.25, 0.3) is 10.2 Å². The van der Waals surface area contributed by atoms with Crippen molar-refractivity contribution >= 4 is 62.0 Å². The molecule has 10 nitrogen and oxygen atoms in total. The number of nitrogens with zero attached hydrogens (tertiary/aromatic N) is 3. The summed E-state index contributed by atoms with van der Waals surface area (Å²) in [5.74, 6) is -0.349. The van der Waals surface area contributed by atoms with E-state index in [-0.39, 0.29) is 21.6 Å². The highest BCUT2D eigenvalue weighted by atomic mass is 32.2. The standard InChI is InChI=1S/C21H19N5O5S2/c1-10-11(2)32-18-16(10)17(28)22-20(23-18)24-25-21-26(12-5-7-13(30-3)8-6-12)19(29)14(33-21)9-15(27)31-4/h5-9H,1-4H3,(H2,22,23,24,28)/b14-9-,25-21-. The van der Waals surface area contributed by atoms with Gasteiger partial charge in [0.1, 0.15) is 10.6 Å². The number of hydrogen-bond acceptors (Lipinski definition) is 10. The zero-order chi connectivity index (χ0) is 23.7. The molecular weight excluding hydrogens is 466 g/mol. The minimum Gasteiger partial charge on any atom is -0.497 e. The van der Waals surface area contributed by atoms with Gasteiger partial charge in [0, 0.05) is 11.0 Å². The summed E-state index contributed by atoms with van der Waals surface area (Å²) < 4.78 is 9.81. The van der Waals surface area contributed by atoms with Crippen LogP contribution in [0.5, 0.6) is 5.75 Å². The number of amides is 1. The summed E-state index contributed by atoms with van der Waals surface area (Å²) in [7, 11) is 2.77. The van der Waals surface area contributed by atoms with Crippen molar-refractivity contribution in [1.82, 2.24) is 9.97 Å². The Hall–Kier alpha value is -3.64. The molecule has 170 valence electrons. The van der Waals surface area contributed by atoms with Gasteiger partial charge in [-0.05, 0) is 55.4 Å². The number of H-pyrrole nitrogens is 1. The van der Waals surface area contributed by atoms with Crippen molar-refractivity contribution in [3.05, 3.63) is 56.0 Å². The lowest BCUT2D eigenvalue weighted by Gasteiger charge is -2.16. The third-order valence-corrected chi connectivity index (χ3v) is 6.95. The number of aromatic nitrogens is 2. The van der Waals surface area contributed by atoms with E-state index in [4.69, 9.17) is 4.74 Å². The highest BCUT2D eigenvalue weighted by Crippen LogP contribution is 2.35. The number of ether oxygens (including phenoxy) is 2. The molecule has 0 radical (unpaired) electrons. The molecule has 1 aliphatic rings. The summed E-state index contributed by atoms with van der Waals surface area (Å²) in [6.45, 7) is 3.80. The highest BCUT2D eigenvalue weighted by Gasteiger charge is 2.35. The maximum absolute atomic E-state index is 13.0. The van der Waals surface area contributed by atoms with Crippen LogP contribution in [-0.2, 0) is 14.3 Å². The zero-order valence-corrected chi connectivity index (χ0v) is 19.7. The molecule has 1 fully saturated rings. The van der Waals surface area contributed by atoms with E-state index >= 15 is 0 Å². The van der Waals surface area contributed by atoms with Gasteiger partial charge in [-0.2, -0.15) is 0 Å². The topological polar surface area (TPSA) is 126 Å². The molecule has 4 rings (SSSR count). The predicted molar refractivity (Wildman–Crippen MR) is 129 cm³/mol. The minimum absolute atomic E-state index is 0.134. The summed E-state index contributed by atoms with van der Waals surface area (Å²) in [6, 6.07) is 6.79. The van der Waals surface area contributed by atoms with Gasteiger partial charge in [-0.1, -0.05) is 0 Å². The van der Waals surface area contributed by atoms with Crippen molar-refractivity contribution in [3.8, 4) is 5.75 Å². The number of aryl methyl sites for hydroxylation is 2. The molecule has 0 atom stereocenters. The lowest BCUT2D eigenvalue weighted by atomic mass is 10.2. The molecule has 33 heavy (non-hydrogen) atoms. The molecule has 0 saturated carbocycles. The van der Waals surface area contributed by atoms with E-state index in [1.54, 1.807) is 31.4 Å². The first-order chi connectivity index (χ1) is 15.8. The lowest BCUT2D eigenvalue weighted by molar-refractivity contribution is -0.135. The third kappa shape index (κ3) is 4.34. The van der Waals surface area contributed by atoms with Crippen molar-refractivity contribution < 1.29 is 19.1 Å². The van der Waals surface area contributed by atoms with Crippen LogP contribution >= 0.6 is 23.1 Å². The van der Waals surface area contributed by atoms with Crippen molar-refractivity contribution in [1.29, 1.82) is 0 Å². The molecule has 0 aliphatic carbocycles. The highest BCUT2D eigenvalue weighted by molar-refractivity contribution is 8.19. The number of nitrogens with one attached hydrogen (secondary N) is 2. The number of esters is 1. The van der Waals surface area contributed by atoms with Gasteiger partial charge < -0.3 is 9.47 Å². The van der Waals surface area contributed by atoms with E-state index in [0.717, 1.165) is 28.3 Å². The molecule has 0 bridgehead atoms. The number of aromatic amines is 1. The van der Waals surface area contributed by atoms with E-state index in [9.17, 15) is 14.4 Å². The monoisotopic (exact) mass is 485 g/mol. The van der Waals surface area contributed by atoms with Gasteiger partial charge in [-0.25, -0.2) is 15.2 Å². The molecule has 1 saturated heterocycles. The van der Waals surface area contributed by atoms with Crippen molar-refractivity contribution in [3.63, 3.8) is 0 Å². The molecule has 1 aliphatic heterocycles. The first kappa shape index (κ1) is 22.6. The number of amidine groups is 1. The van der Waals surface area contributed by atoms with E-state index in [1.807, 2.05) is 13.8 Å². The molecule has 0 unspecified atom stereocenters. The van der Waals surface area contributed by atoms with Gasteiger partial charge in [0.2, 0.25) is 5.95 Å². The van der Waals surface area contributed by atoms with Crippen LogP contribution in [0.3, 0.4) is 0 Å². The Balaban J connectivity index is 1.71. The Kier molecular flexibility index (Phi) is 6.20. The Morgan fingerprint density at radius 3 is 2.61 bits per heavy atom. The Bertz CT molecular complexity index is 1370. The number of carbonyl (C=O) groups is 2. The largest absolute Gasteiger partial charge is 0.497 e. The van der Waals surface area contributed by atoms with Gasteiger partial charge in [0.15, 0.2) is 5.17 Å². The van der Waals surface area contributed by atoms with Crippen LogP contribution < -0.4 is 20.6 Å². The van der Waals surface area contributed by atoms with Crippen molar-refractivity contribution in [2.75, 3.05) is 24.5 Å². The second-order valence-corrected chi connectivity index (χ2v) is 9.07. The average molecular weight is 486 g/mol. The number of hydrazone groups is 1. The number of rotatable bonds is 5. The smallest absolute Gasteiger partial charge is 0.331 e.